The summed E-state index contributed by atoms with van der Waals surface area (Å²) in [6, 6.07) is 12.9. The fourth-order valence-electron chi connectivity index (χ4n) is 3.22. The van der Waals surface area contributed by atoms with E-state index in [1.165, 1.54) is 40.0 Å². The number of hydrogen-bond donors (Lipinski definition) is 0. The first-order chi connectivity index (χ1) is 16.8. The van der Waals surface area contributed by atoms with Crippen molar-refractivity contribution < 1.29 is 62.0 Å². The van der Waals surface area contributed by atoms with Gasteiger partial charge in [-0.2, -0.15) is 39.5 Å². The van der Waals surface area contributed by atoms with Crippen molar-refractivity contribution in [3.05, 3.63) is 36.4 Å². The Morgan fingerprint density at radius 2 is 1.38 bits per heavy atom. The highest BCUT2D eigenvalue weighted by Crippen LogP contribution is 2.54. The van der Waals surface area contributed by atoms with Crippen LogP contribution in [-0.4, -0.2) is 61.2 Å². The Morgan fingerprint density at radius 1 is 0.865 bits per heavy atom. The average Bonchev–Trinajstić information content (AvgIpc) is 3.32. The minimum Gasteiger partial charge on any atom is -0.743 e. The molecule has 0 aromatic heterocycles. The van der Waals surface area contributed by atoms with E-state index in [0.717, 1.165) is 5.75 Å². The SMILES string of the molecule is COC(C)Oc1ccc([S+]2CCCC2)c2ccccc12.O=S(=O)([O-])C(F)(F)C(F)(F)C(F)(F)C(F)(F)F. The van der Waals surface area contributed by atoms with Crippen LogP contribution in [0.15, 0.2) is 41.3 Å². The molecule has 1 heterocycles. The average molecular weight is 589 g/mol. The van der Waals surface area contributed by atoms with Crippen LogP contribution < -0.4 is 4.74 Å². The number of hydrogen-bond acceptors (Lipinski definition) is 5. The molecule has 3 rings (SSSR count). The fourth-order valence-corrected chi connectivity index (χ4v) is 6.16. The lowest BCUT2D eigenvalue weighted by Gasteiger charge is -2.34. The summed E-state index contributed by atoms with van der Waals surface area (Å²) in [4.78, 5) is 1.51. The highest BCUT2D eigenvalue weighted by Gasteiger charge is 2.83. The first-order valence-electron chi connectivity index (χ1n) is 10.3. The molecule has 0 amide bonds. The van der Waals surface area contributed by atoms with Crippen molar-refractivity contribution in [3.8, 4) is 5.75 Å². The van der Waals surface area contributed by atoms with E-state index in [4.69, 9.17) is 9.47 Å². The van der Waals surface area contributed by atoms with Crippen molar-refractivity contribution in [3.63, 3.8) is 0 Å². The van der Waals surface area contributed by atoms with Crippen molar-refractivity contribution in [1.82, 2.24) is 0 Å². The van der Waals surface area contributed by atoms with E-state index in [1.807, 2.05) is 6.92 Å². The van der Waals surface area contributed by atoms with E-state index in [-0.39, 0.29) is 6.29 Å². The molecule has 1 saturated heterocycles. The Bertz CT molecular complexity index is 1180. The predicted octanol–water partition coefficient (Wildman–Crippen LogP) is 5.94. The maximum atomic E-state index is 12.2. The molecule has 1 aliphatic rings. The minimum absolute atomic E-state index is 0.224. The molecular weight excluding hydrogens is 567 g/mol. The van der Waals surface area contributed by atoms with Crippen LogP contribution in [0.25, 0.3) is 10.8 Å². The van der Waals surface area contributed by atoms with Gasteiger partial charge in [0.05, 0.1) is 0 Å². The van der Waals surface area contributed by atoms with E-state index in [9.17, 15) is 52.5 Å². The zero-order valence-corrected chi connectivity index (χ0v) is 20.8. The second-order valence-electron chi connectivity index (χ2n) is 7.75. The summed E-state index contributed by atoms with van der Waals surface area (Å²) in [7, 11) is -5.32. The van der Waals surface area contributed by atoms with Gasteiger partial charge in [0, 0.05) is 28.8 Å². The molecule has 0 aliphatic carbocycles. The largest absolute Gasteiger partial charge is 0.743 e. The lowest BCUT2D eigenvalue weighted by Crippen LogP contribution is -2.63. The summed E-state index contributed by atoms with van der Waals surface area (Å²) in [5, 5.41) is -4.56. The van der Waals surface area contributed by atoms with Crippen LogP contribution in [0, 0.1) is 0 Å². The number of ether oxygens (including phenoxy) is 2. The molecule has 0 N–H and O–H groups in total. The van der Waals surface area contributed by atoms with Gasteiger partial charge >= 0.3 is 23.3 Å². The molecule has 37 heavy (non-hydrogen) atoms. The van der Waals surface area contributed by atoms with Crippen LogP contribution in [0.1, 0.15) is 19.8 Å². The van der Waals surface area contributed by atoms with Gasteiger partial charge in [0.25, 0.3) is 0 Å². The fraction of sp³-hybridized carbons (Fsp3) is 0.524. The third-order valence-corrected chi connectivity index (χ3v) is 8.67. The van der Waals surface area contributed by atoms with Gasteiger partial charge in [-0.3, -0.25) is 0 Å². The third-order valence-electron chi connectivity index (χ3n) is 5.24. The van der Waals surface area contributed by atoms with E-state index in [2.05, 4.69) is 36.4 Å². The molecule has 2 aromatic rings. The number of alkyl halides is 9. The number of methoxy groups -OCH3 is 1. The smallest absolute Gasteiger partial charge is 0.460 e. The zero-order valence-electron chi connectivity index (χ0n) is 19.1. The Kier molecular flexibility index (Phi) is 9.36. The highest BCUT2D eigenvalue weighted by atomic mass is 32.2. The molecule has 1 fully saturated rings. The van der Waals surface area contributed by atoms with Gasteiger partial charge in [-0.05, 0) is 38.0 Å². The quantitative estimate of drug-likeness (QED) is 0.173. The summed E-state index contributed by atoms with van der Waals surface area (Å²) in [6.07, 6.45) is -4.64. The molecule has 5 nitrogen and oxygen atoms in total. The first-order valence-corrected chi connectivity index (χ1v) is 13.3. The van der Waals surface area contributed by atoms with Gasteiger partial charge in [-0.25, -0.2) is 8.42 Å². The van der Waals surface area contributed by atoms with Gasteiger partial charge in [0.15, 0.2) is 21.3 Å². The summed E-state index contributed by atoms with van der Waals surface area (Å²) in [6.45, 7) is 1.92. The van der Waals surface area contributed by atoms with Gasteiger partial charge in [-0.1, -0.05) is 18.2 Å². The summed E-state index contributed by atoms with van der Waals surface area (Å²) < 4.78 is 147. The number of halogens is 9. The Hall–Kier alpha value is -1.91. The second-order valence-corrected chi connectivity index (χ2v) is 11.4. The van der Waals surface area contributed by atoms with Gasteiger partial charge < -0.3 is 14.0 Å². The van der Waals surface area contributed by atoms with E-state index in [1.54, 1.807) is 7.11 Å². The van der Waals surface area contributed by atoms with Crippen LogP contribution in [0.2, 0.25) is 0 Å². The van der Waals surface area contributed by atoms with Crippen molar-refractivity contribution in [2.24, 2.45) is 0 Å². The van der Waals surface area contributed by atoms with E-state index >= 15 is 0 Å². The topological polar surface area (TPSA) is 75.7 Å². The number of fused-ring (bicyclic) bond motifs is 1. The van der Waals surface area contributed by atoms with Crippen LogP contribution in [0.4, 0.5) is 39.5 Å². The molecule has 0 radical (unpaired) electrons. The Morgan fingerprint density at radius 3 is 1.84 bits per heavy atom. The van der Waals surface area contributed by atoms with Crippen LogP contribution in [0.3, 0.4) is 0 Å². The highest BCUT2D eigenvalue weighted by molar-refractivity contribution is 7.97. The molecule has 210 valence electrons. The van der Waals surface area contributed by atoms with Gasteiger partial charge in [0.2, 0.25) is 0 Å². The number of benzene rings is 2. The molecule has 1 atom stereocenters. The van der Waals surface area contributed by atoms with Crippen LogP contribution >= 0.6 is 0 Å². The third kappa shape index (κ3) is 6.23. The zero-order chi connectivity index (χ0) is 28.4. The van der Waals surface area contributed by atoms with Gasteiger partial charge in [-0.15, -0.1) is 0 Å². The summed E-state index contributed by atoms with van der Waals surface area (Å²) in [5.74, 6) is -11.2. The molecule has 2 aromatic carbocycles. The van der Waals surface area contributed by atoms with Crippen LogP contribution in [0.5, 0.6) is 5.75 Å². The lowest BCUT2D eigenvalue weighted by molar-refractivity contribution is -0.382. The van der Waals surface area contributed by atoms with E-state index in [0.29, 0.717) is 10.9 Å². The second kappa shape index (κ2) is 11.1. The molecule has 0 bridgehead atoms. The predicted molar refractivity (Wildman–Crippen MR) is 116 cm³/mol. The standard InChI is InChI=1S/C17H21O2S.C4HF9O3S/c1-13(18-2)19-16-9-10-17(20-11-5-6-12-20)15-8-4-3-7-14(15)16;5-1(6,3(9,10)11)2(7,8)4(12,13)17(14,15)16/h3-4,7-10,13H,5-6,11-12H2,1-2H3;(H,14,15,16)/q+1;/p-1. The molecular formula is C21H21F9O5S2. The normalized spacial score (nSPS) is 16.9. The van der Waals surface area contributed by atoms with Crippen molar-refractivity contribution in [2.75, 3.05) is 18.6 Å². The maximum absolute atomic E-state index is 12.2. The summed E-state index contributed by atoms with van der Waals surface area (Å²) in [5.41, 5.74) is 0. The van der Waals surface area contributed by atoms with Crippen molar-refractivity contribution in [2.45, 2.75) is 54.2 Å². The molecule has 1 unspecified atom stereocenters. The minimum atomic E-state index is -7.43. The molecule has 16 heteroatoms. The molecule has 0 spiro atoms. The number of rotatable bonds is 7. The molecule has 0 saturated carbocycles. The maximum Gasteiger partial charge on any atom is 0.460 e. The van der Waals surface area contributed by atoms with Crippen molar-refractivity contribution >= 4 is 31.8 Å². The Balaban J connectivity index is 0.000000265. The summed E-state index contributed by atoms with van der Waals surface area (Å²) >= 11 is 0. The van der Waals surface area contributed by atoms with Crippen molar-refractivity contribution in [1.29, 1.82) is 0 Å². The first kappa shape index (κ1) is 31.3. The monoisotopic (exact) mass is 588 g/mol. The van der Waals surface area contributed by atoms with E-state index < -0.39 is 33.4 Å². The Labute approximate surface area is 209 Å². The molecule has 1 aliphatic heterocycles. The van der Waals surface area contributed by atoms with Crippen LogP contribution in [-0.2, 0) is 25.7 Å². The lowest BCUT2D eigenvalue weighted by atomic mass is 10.1. The van der Waals surface area contributed by atoms with Gasteiger partial charge in [0.1, 0.15) is 17.3 Å².